The number of benzene rings is 2. The van der Waals surface area contributed by atoms with Gasteiger partial charge in [0.25, 0.3) is 5.91 Å². The van der Waals surface area contributed by atoms with Crippen molar-refractivity contribution < 1.29 is 23.9 Å². The number of rotatable bonds is 4. The number of amides is 1. The predicted molar refractivity (Wildman–Crippen MR) is 98.7 cm³/mol. The summed E-state index contributed by atoms with van der Waals surface area (Å²) in [4.78, 5) is 48.9. The summed E-state index contributed by atoms with van der Waals surface area (Å²) in [6, 6.07) is 11.1. The second kappa shape index (κ2) is 7.37. The van der Waals surface area contributed by atoms with Crippen molar-refractivity contribution in [1.29, 1.82) is 0 Å². The lowest BCUT2D eigenvalue weighted by molar-refractivity contribution is -0.148. The summed E-state index contributed by atoms with van der Waals surface area (Å²) in [5, 5.41) is 2.59. The number of carbonyl (C=O) groups excluding carboxylic acids is 4. The van der Waals surface area contributed by atoms with Gasteiger partial charge in [-0.05, 0) is 32.0 Å². The lowest BCUT2D eigenvalue weighted by Crippen LogP contribution is -2.29. The van der Waals surface area contributed by atoms with Crippen LogP contribution in [0.1, 0.15) is 45.7 Å². The molecule has 0 fully saturated rings. The van der Waals surface area contributed by atoms with Crippen LogP contribution >= 0.6 is 0 Å². The van der Waals surface area contributed by atoms with E-state index in [9.17, 15) is 19.2 Å². The Morgan fingerprint density at radius 1 is 0.963 bits per heavy atom. The van der Waals surface area contributed by atoms with Crippen LogP contribution in [0.4, 0.5) is 5.69 Å². The number of fused-ring (bicyclic) bond motifs is 2. The summed E-state index contributed by atoms with van der Waals surface area (Å²) in [6.07, 6.45) is 1.71. The van der Waals surface area contributed by atoms with Gasteiger partial charge in [0.05, 0.1) is 0 Å². The Morgan fingerprint density at radius 3 is 2.19 bits per heavy atom. The molecular formula is C21H17NO5. The summed E-state index contributed by atoms with van der Waals surface area (Å²) >= 11 is 0. The summed E-state index contributed by atoms with van der Waals surface area (Å²) < 4.78 is 4.96. The maximum absolute atomic E-state index is 12.7. The molecule has 0 heterocycles. The third-order valence-corrected chi connectivity index (χ3v) is 4.16. The van der Waals surface area contributed by atoms with E-state index in [0.29, 0.717) is 22.4 Å². The van der Waals surface area contributed by atoms with E-state index in [1.54, 1.807) is 31.2 Å². The standard InChI is InChI=1S/C21H17NO5/c1-3-6-18(23)27-12(2)21(26)22-13-9-10-16-17(11-13)20(25)15-8-5-4-7-14(15)19(16)24/h3-12H,1-2H3,(H,22,26)/b6-3+. The van der Waals surface area contributed by atoms with Crippen LogP contribution < -0.4 is 5.32 Å². The number of allylic oxidation sites excluding steroid dienone is 1. The summed E-state index contributed by atoms with van der Waals surface area (Å²) in [7, 11) is 0. The minimum Gasteiger partial charge on any atom is -0.449 e. The maximum atomic E-state index is 12.7. The molecule has 1 amide bonds. The van der Waals surface area contributed by atoms with Crippen molar-refractivity contribution in [2.45, 2.75) is 20.0 Å². The highest BCUT2D eigenvalue weighted by Crippen LogP contribution is 2.29. The Bertz CT molecular complexity index is 990. The van der Waals surface area contributed by atoms with Gasteiger partial charge in [0.2, 0.25) is 0 Å². The van der Waals surface area contributed by atoms with Crippen molar-refractivity contribution in [2.24, 2.45) is 0 Å². The number of ether oxygens (including phenoxy) is 1. The molecule has 0 bridgehead atoms. The van der Waals surface area contributed by atoms with E-state index in [0.717, 1.165) is 0 Å². The van der Waals surface area contributed by atoms with Crippen molar-refractivity contribution in [3.05, 3.63) is 76.9 Å². The molecule has 1 unspecified atom stereocenters. The van der Waals surface area contributed by atoms with Crippen LogP contribution in [0.5, 0.6) is 0 Å². The highest BCUT2D eigenvalue weighted by atomic mass is 16.5. The van der Waals surface area contributed by atoms with Gasteiger partial charge in [-0.1, -0.05) is 30.3 Å². The molecule has 0 radical (unpaired) electrons. The van der Waals surface area contributed by atoms with Crippen LogP contribution in [0.2, 0.25) is 0 Å². The Hall–Kier alpha value is -3.54. The lowest BCUT2D eigenvalue weighted by atomic mass is 9.84. The quantitative estimate of drug-likeness (QED) is 0.569. The first-order valence-corrected chi connectivity index (χ1v) is 8.39. The predicted octanol–water partition coefficient (Wildman–Crippen LogP) is 2.91. The van der Waals surface area contributed by atoms with Gasteiger partial charge >= 0.3 is 5.97 Å². The van der Waals surface area contributed by atoms with Gasteiger partial charge in [-0.2, -0.15) is 0 Å². The molecule has 1 atom stereocenters. The van der Waals surface area contributed by atoms with Gasteiger partial charge in [-0.15, -0.1) is 0 Å². The van der Waals surface area contributed by atoms with Gasteiger partial charge < -0.3 is 10.1 Å². The molecule has 2 aromatic carbocycles. The fraction of sp³-hybridized carbons (Fsp3) is 0.143. The zero-order chi connectivity index (χ0) is 19.6. The molecule has 1 aliphatic carbocycles. The average Bonchev–Trinajstić information content (AvgIpc) is 2.66. The van der Waals surface area contributed by atoms with Gasteiger partial charge in [-0.3, -0.25) is 14.4 Å². The number of hydrogen-bond donors (Lipinski definition) is 1. The molecule has 0 aliphatic heterocycles. The lowest BCUT2D eigenvalue weighted by Gasteiger charge is -2.18. The van der Waals surface area contributed by atoms with Crippen LogP contribution in [-0.4, -0.2) is 29.5 Å². The summed E-state index contributed by atoms with van der Waals surface area (Å²) in [5.41, 5.74) is 1.58. The topological polar surface area (TPSA) is 89.5 Å². The second-order valence-electron chi connectivity index (χ2n) is 6.03. The van der Waals surface area contributed by atoms with Gasteiger partial charge in [0, 0.05) is 34.0 Å². The fourth-order valence-electron chi connectivity index (χ4n) is 2.82. The molecule has 1 N–H and O–H groups in total. The van der Waals surface area contributed by atoms with Gasteiger partial charge in [0.15, 0.2) is 17.7 Å². The number of nitrogens with one attached hydrogen (secondary N) is 1. The number of esters is 1. The molecule has 136 valence electrons. The van der Waals surface area contributed by atoms with Crippen LogP contribution in [-0.2, 0) is 14.3 Å². The minimum atomic E-state index is -1.01. The van der Waals surface area contributed by atoms with Crippen molar-refractivity contribution in [2.75, 3.05) is 5.32 Å². The van der Waals surface area contributed by atoms with Crippen molar-refractivity contribution in [3.8, 4) is 0 Å². The summed E-state index contributed by atoms with van der Waals surface area (Å²) in [5.74, 6) is -1.67. The highest BCUT2D eigenvalue weighted by Gasteiger charge is 2.29. The van der Waals surface area contributed by atoms with E-state index >= 15 is 0 Å². The second-order valence-corrected chi connectivity index (χ2v) is 6.03. The molecule has 27 heavy (non-hydrogen) atoms. The highest BCUT2D eigenvalue weighted by molar-refractivity contribution is 6.28. The molecule has 0 spiro atoms. The first kappa shape index (κ1) is 18.3. The van der Waals surface area contributed by atoms with Crippen LogP contribution in [0.15, 0.2) is 54.6 Å². The van der Waals surface area contributed by atoms with E-state index < -0.39 is 18.0 Å². The smallest absolute Gasteiger partial charge is 0.331 e. The Balaban J connectivity index is 1.82. The Morgan fingerprint density at radius 2 is 1.56 bits per heavy atom. The van der Waals surface area contributed by atoms with Crippen molar-refractivity contribution >= 4 is 29.1 Å². The van der Waals surface area contributed by atoms with E-state index in [4.69, 9.17) is 4.74 Å². The van der Waals surface area contributed by atoms with E-state index in [1.807, 2.05) is 0 Å². The van der Waals surface area contributed by atoms with Gasteiger partial charge in [-0.25, -0.2) is 4.79 Å². The first-order valence-electron chi connectivity index (χ1n) is 8.39. The number of anilines is 1. The van der Waals surface area contributed by atoms with Gasteiger partial charge in [0.1, 0.15) is 0 Å². The third kappa shape index (κ3) is 3.55. The zero-order valence-electron chi connectivity index (χ0n) is 14.8. The normalized spacial score (nSPS) is 13.7. The Labute approximate surface area is 155 Å². The van der Waals surface area contributed by atoms with E-state index in [1.165, 1.54) is 37.3 Å². The van der Waals surface area contributed by atoms with E-state index in [-0.39, 0.29) is 17.1 Å². The molecule has 0 saturated heterocycles. The van der Waals surface area contributed by atoms with Crippen LogP contribution in [0.3, 0.4) is 0 Å². The number of ketones is 2. The number of hydrogen-bond acceptors (Lipinski definition) is 5. The Kier molecular flexibility index (Phi) is 4.98. The molecule has 0 aromatic heterocycles. The molecule has 6 heteroatoms. The van der Waals surface area contributed by atoms with Crippen molar-refractivity contribution in [1.82, 2.24) is 0 Å². The van der Waals surface area contributed by atoms with Crippen LogP contribution in [0.25, 0.3) is 0 Å². The largest absolute Gasteiger partial charge is 0.449 e. The molecular weight excluding hydrogens is 346 g/mol. The number of carbonyl (C=O) groups is 4. The van der Waals surface area contributed by atoms with Crippen LogP contribution in [0, 0.1) is 0 Å². The third-order valence-electron chi connectivity index (χ3n) is 4.16. The van der Waals surface area contributed by atoms with Crippen molar-refractivity contribution in [3.63, 3.8) is 0 Å². The fourth-order valence-corrected chi connectivity index (χ4v) is 2.82. The first-order chi connectivity index (χ1) is 12.9. The average molecular weight is 363 g/mol. The molecule has 0 saturated carbocycles. The monoisotopic (exact) mass is 363 g/mol. The molecule has 3 rings (SSSR count). The zero-order valence-corrected chi connectivity index (χ0v) is 14.8. The minimum absolute atomic E-state index is 0.230. The van der Waals surface area contributed by atoms with E-state index in [2.05, 4.69) is 5.32 Å². The molecule has 6 nitrogen and oxygen atoms in total. The summed E-state index contributed by atoms with van der Waals surface area (Å²) in [6.45, 7) is 3.11. The molecule has 1 aliphatic rings. The SMILES string of the molecule is C/C=C/C(=O)OC(C)C(=O)Nc1ccc2c(c1)C(=O)c1ccccc1C2=O. The molecule has 2 aromatic rings. The maximum Gasteiger partial charge on any atom is 0.331 e.